The van der Waals surface area contributed by atoms with Crippen LogP contribution in [0.5, 0.6) is 0 Å². The smallest absolute Gasteiger partial charge is 0.245 e. The van der Waals surface area contributed by atoms with Gasteiger partial charge in [0, 0.05) is 6.54 Å². The molecular formula is C16H22N2O2. The molecule has 108 valence electrons. The molecule has 0 spiro atoms. The first-order valence-corrected chi connectivity index (χ1v) is 6.72. The number of aryl methyl sites for hydroxylation is 1. The molecule has 0 aliphatic heterocycles. The first-order chi connectivity index (χ1) is 9.45. The normalized spacial score (nSPS) is 10.7. The number of hydrogen-bond donors (Lipinski definition) is 2. The van der Waals surface area contributed by atoms with Gasteiger partial charge in [-0.15, -0.1) is 0 Å². The fraction of sp³-hybridized carbons (Fsp3) is 0.375. The number of carbonyl (C=O) groups is 2. The molecule has 0 bridgehead atoms. The molecule has 0 saturated carbocycles. The number of benzene rings is 1. The summed E-state index contributed by atoms with van der Waals surface area (Å²) >= 11 is 0. The fourth-order valence-corrected chi connectivity index (χ4v) is 1.78. The highest BCUT2D eigenvalue weighted by Crippen LogP contribution is 2.04. The first kappa shape index (κ1) is 16.0. The third kappa shape index (κ3) is 5.26. The highest BCUT2D eigenvalue weighted by Gasteiger charge is 2.28. The summed E-state index contributed by atoms with van der Waals surface area (Å²) in [5, 5.41) is 5.43. The van der Waals surface area contributed by atoms with Crippen molar-refractivity contribution >= 4 is 11.8 Å². The zero-order chi connectivity index (χ0) is 15.0. The molecule has 0 fully saturated rings. The van der Waals surface area contributed by atoms with Gasteiger partial charge in [-0.2, -0.15) is 0 Å². The molecule has 0 heterocycles. The van der Waals surface area contributed by atoms with Crippen molar-refractivity contribution in [3.05, 3.63) is 48.6 Å². The van der Waals surface area contributed by atoms with Crippen molar-refractivity contribution in [1.82, 2.24) is 10.6 Å². The van der Waals surface area contributed by atoms with Crippen LogP contribution in [0.2, 0.25) is 0 Å². The Hall–Kier alpha value is -2.10. The van der Waals surface area contributed by atoms with E-state index in [0.717, 1.165) is 18.9 Å². The van der Waals surface area contributed by atoms with Crippen LogP contribution >= 0.6 is 0 Å². The largest absolute Gasteiger partial charge is 0.354 e. The lowest BCUT2D eigenvalue weighted by Crippen LogP contribution is -2.54. The molecule has 1 aromatic carbocycles. The summed E-state index contributed by atoms with van der Waals surface area (Å²) < 4.78 is 0. The molecule has 0 atom stereocenters. The molecule has 4 heteroatoms. The van der Waals surface area contributed by atoms with Gasteiger partial charge in [-0.1, -0.05) is 36.9 Å². The predicted molar refractivity (Wildman–Crippen MR) is 80.2 cm³/mol. The van der Waals surface area contributed by atoms with Crippen molar-refractivity contribution in [1.29, 1.82) is 0 Å². The summed E-state index contributed by atoms with van der Waals surface area (Å²) in [6.07, 6.45) is 2.94. The summed E-state index contributed by atoms with van der Waals surface area (Å²) in [5.41, 5.74) is 0.318. The van der Waals surface area contributed by atoms with Crippen LogP contribution in [0.15, 0.2) is 43.0 Å². The van der Waals surface area contributed by atoms with Gasteiger partial charge in [0.2, 0.25) is 11.8 Å². The van der Waals surface area contributed by atoms with Crippen LogP contribution in [0, 0.1) is 0 Å². The molecule has 2 N–H and O–H groups in total. The third-order valence-electron chi connectivity index (χ3n) is 2.96. The van der Waals surface area contributed by atoms with Crippen molar-refractivity contribution in [3.8, 4) is 0 Å². The molecule has 0 aliphatic rings. The summed E-state index contributed by atoms with van der Waals surface area (Å²) in [7, 11) is 0. The number of rotatable bonds is 7. The SMILES string of the molecule is C=CC(=O)NC(C)(C)C(=O)NCCCc1ccccc1. The molecule has 20 heavy (non-hydrogen) atoms. The predicted octanol–water partition coefficient (Wildman–Crippen LogP) is 1.82. The molecular weight excluding hydrogens is 252 g/mol. The van der Waals surface area contributed by atoms with Crippen LogP contribution in [0.3, 0.4) is 0 Å². The zero-order valence-corrected chi connectivity index (χ0v) is 12.1. The van der Waals surface area contributed by atoms with Crippen LogP contribution in [0.4, 0.5) is 0 Å². The Labute approximate surface area is 120 Å². The maximum atomic E-state index is 12.0. The van der Waals surface area contributed by atoms with E-state index in [1.807, 2.05) is 18.2 Å². The van der Waals surface area contributed by atoms with Crippen molar-refractivity contribution < 1.29 is 9.59 Å². The number of nitrogens with one attached hydrogen (secondary N) is 2. The summed E-state index contributed by atoms with van der Waals surface area (Å²) in [6.45, 7) is 7.29. The second-order valence-corrected chi connectivity index (χ2v) is 5.16. The Kier molecular flexibility index (Phi) is 5.97. The van der Waals surface area contributed by atoms with E-state index < -0.39 is 5.54 Å². The minimum atomic E-state index is -0.933. The monoisotopic (exact) mass is 274 g/mol. The van der Waals surface area contributed by atoms with Crippen LogP contribution in [-0.2, 0) is 16.0 Å². The Morgan fingerprint density at radius 2 is 1.90 bits per heavy atom. The van der Waals surface area contributed by atoms with E-state index in [9.17, 15) is 9.59 Å². The highest BCUT2D eigenvalue weighted by atomic mass is 16.2. The maximum absolute atomic E-state index is 12.0. The molecule has 0 aromatic heterocycles. The van der Waals surface area contributed by atoms with Crippen molar-refractivity contribution in [3.63, 3.8) is 0 Å². The summed E-state index contributed by atoms with van der Waals surface area (Å²) in [6, 6.07) is 10.1. The van der Waals surface area contributed by atoms with E-state index in [2.05, 4.69) is 29.3 Å². The second kappa shape index (κ2) is 7.48. The minimum Gasteiger partial charge on any atom is -0.354 e. The van der Waals surface area contributed by atoms with Crippen LogP contribution in [-0.4, -0.2) is 23.9 Å². The summed E-state index contributed by atoms with van der Waals surface area (Å²) in [5.74, 6) is -0.546. The van der Waals surface area contributed by atoms with E-state index in [4.69, 9.17) is 0 Å². The van der Waals surface area contributed by atoms with Gasteiger partial charge in [0.15, 0.2) is 0 Å². The van der Waals surface area contributed by atoms with Crippen LogP contribution < -0.4 is 10.6 Å². The molecule has 2 amide bonds. The fourth-order valence-electron chi connectivity index (χ4n) is 1.78. The first-order valence-electron chi connectivity index (χ1n) is 6.72. The molecule has 0 radical (unpaired) electrons. The molecule has 0 aliphatic carbocycles. The Morgan fingerprint density at radius 3 is 2.50 bits per heavy atom. The van der Waals surface area contributed by atoms with Gasteiger partial charge in [-0.3, -0.25) is 9.59 Å². The standard InChI is InChI=1S/C16H22N2O2/c1-4-14(19)18-16(2,3)15(20)17-12-8-11-13-9-6-5-7-10-13/h4-7,9-10H,1,8,11-12H2,2-3H3,(H,17,20)(H,18,19). The maximum Gasteiger partial charge on any atom is 0.245 e. The van der Waals surface area contributed by atoms with Gasteiger partial charge in [-0.05, 0) is 38.3 Å². The second-order valence-electron chi connectivity index (χ2n) is 5.16. The van der Waals surface area contributed by atoms with Gasteiger partial charge < -0.3 is 10.6 Å². The Bertz CT molecular complexity index is 467. The third-order valence-corrected chi connectivity index (χ3v) is 2.96. The number of carbonyl (C=O) groups excluding carboxylic acids is 2. The van der Waals surface area contributed by atoms with Gasteiger partial charge in [-0.25, -0.2) is 0 Å². The lowest BCUT2D eigenvalue weighted by atomic mass is 10.0. The van der Waals surface area contributed by atoms with Crippen LogP contribution in [0.1, 0.15) is 25.8 Å². The van der Waals surface area contributed by atoms with Crippen molar-refractivity contribution in [2.75, 3.05) is 6.54 Å². The highest BCUT2D eigenvalue weighted by molar-refractivity contribution is 5.94. The molecule has 1 aromatic rings. The van der Waals surface area contributed by atoms with Crippen molar-refractivity contribution in [2.24, 2.45) is 0 Å². The molecule has 0 saturated heterocycles. The average Bonchev–Trinajstić information content (AvgIpc) is 2.43. The van der Waals surface area contributed by atoms with E-state index >= 15 is 0 Å². The van der Waals surface area contributed by atoms with Gasteiger partial charge in [0.25, 0.3) is 0 Å². The van der Waals surface area contributed by atoms with E-state index in [0.29, 0.717) is 6.54 Å². The molecule has 1 rings (SSSR count). The number of hydrogen-bond acceptors (Lipinski definition) is 2. The quantitative estimate of drug-likeness (QED) is 0.588. The zero-order valence-electron chi connectivity index (χ0n) is 12.1. The van der Waals surface area contributed by atoms with E-state index in [1.165, 1.54) is 5.56 Å². The molecule has 4 nitrogen and oxygen atoms in total. The van der Waals surface area contributed by atoms with Crippen molar-refractivity contribution in [2.45, 2.75) is 32.2 Å². The van der Waals surface area contributed by atoms with E-state index in [-0.39, 0.29) is 11.8 Å². The van der Waals surface area contributed by atoms with Gasteiger partial charge in [0.1, 0.15) is 5.54 Å². The lowest BCUT2D eigenvalue weighted by Gasteiger charge is -2.24. The minimum absolute atomic E-state index is 0.194. The van der Waals surface area contributed by atoms with Gasteiger partial charge >= 0.3 is 0 Å². The number of amides is 2. The average molecular weight is 274 g/mol. The Morgan fingerprint density at radius 1 is 1.25 bits per heavy atom. The summed E-state index contributed by atoms with van der Waals surface area (Å²) in [4.78, 5) is 23.2. The van der Waals surface area contributed by atoms with Gasteiger partial charge in [0.05, 0.1) is 0 Å². The van der Waals surface area contributed by atoms with Crippen LogP contribution in [0.25, 0.3) is 0 Å². The van der Waals surface area contributed by atoms with E-state index in [1.54, 1.807) is 13.8 Å². The lowest BCUT2D eigenvalue weighted by molar-refractivity contribution is -0.130. The molecule has 0 unspecified atom stereocenters. The Balaban J connectivity index is 2.32. The topological polar surface area (TPSA) is 58.2 Å².